The first kappa shape index (κ1) is 13.0. The highest BCUT2D eigenvalue weighted by atomic mass is 16.4. The van der Waals surface area contributed by atoms with E-state index in [1.54, 1.807) is 7.11 Å². The molecule has 2 aromatic rings. The fourth-order valence-corrected chi connectivity index (χ4v) is 4.37. The molecule has 0 heterocycles. The Morgan fingerprint density at radius 1 is 0.913 bits per heavy atom. The van der Waals surface area contributed by atoms with Crippen LogP contribution in [0.3, 0.4) is 0 Å². The number of hydrogen-bond donors (Lipinski definition) is 0. The lowest BCUT2D eigenvalue weighted by Gasteiger charge is -2.26. The van der Waals surface area contributed by atoms with Gasteiger partial charge in [-0.2, -0.15) is 0 Å². The zero-order valence-electron chi connectivity index (χ0n) is 13.1. The maximum absolute atomic E-state index is 10.4. The van der Waals surface area contributed by atoms with Gasteiger partial charge in [0.25, 0.3) is 7.11 Å². The van der Waals surface area contributed by atoms with Gasteiger partial charge in [-0.15, -0.1) is 0 Å². The Morgan fingerprint density at radius 3 is 2.65 bits per heavy atom. The van der Waals surface area contributed by atoms with Gasteiger partial charge in [0.2, 0.25) is 0 Å². The molecule has 0 saturated carbocycles. The number of rotatable bonds is 0. The average Bonchev–Trinajstić information content (AvgIpc) is 2.59. The summed E-state index contributed by atoms with van der Waals surface area (Å²) in [5, 5.41) is 2.66. The van der Waals surface area contributed by atoms with Gasteiger partial charge in [-0.25, -0.2) is 0 Å². The van der Waals surface area contributed by atoms with Crippen LogP contribution in [0.15, 0.2) is 35.9 Å². The molecule has 0 aliphatic heterocycles. The number of benzene rings is 2. The fourth-order valence-electron chi connectivity index (χ4n) is 4.37. The van der Waals surface area contributed by atoms with E-state index in [1.807, 2.05) is 6.08 Å². The Bertz CT molecular complexity index is 987. The lowest BCUT2D eigenvalue weighted by molar-refractivity contribution is -0.222. The Balaban J connectivity index is 1.92. The lowest BCUT2D eigenvalue weighted by atomic mass is 9.75. The quantitative estimate of drug-likeness (QED) is 0.652. The molecule has 0 fully saturated rings. The summed E-state index contributed by atoms with van der Waals surface area (Å²) in [4.78, 5) is 10.4. The van der Waals surface area contributed by atoms with E-state index in [9.17, 15) is 4.79 Å². The highest BCUT2D eigenvalue weighted by Gasteiger charge is 2.33. The van der Waals surface area contributed by atoms with Crippen molar-refractivity contribution >= 4 is 34.0 Å². The van der Waals surface area contributed by atoms with Crippen LogP contribution in [-0.2, 0) is 6.42 Å². The predicted octanol–water partition coefficient (Wildman–Crippen LogP) is 4.25. The highest BCUT2D eigenvalue weighted by molar-refractivity contribution is 6.23. The van der Waals surface area contributed by atoms with Gasteiger partial charge < -0.3 is 0 Å². The van der Waals surface area contributed by atoms with Gasteiger partial charge in [0.05, 0.1) is 17.6 Å². The molecule has 0 aromatic heterocycles. The summed E-state index contributed by atoms with van der Waals surface area (Å²) in [5.41, 5.74) is 7.57. The smallest absolute Gasteiger partial charge is 0.278 e. The van der Waals surface area contributed by atoms with Crippen LogP contribution in [0.5, 0.6) is 0 Å². The van der Waals surface area contributed by atoms with Crippen LogP contribution in [0.4, 0.5) is 0 Å². The van der Waals surface area contributed by atoms with Crippen LogP contribution < -0.4 is 0 Å². The van der Waals surface area contributed by atoms with Crippen molar-refractivity contribution in [3.8, 4) is 0 Å². The molecule has 0 atom stereocenters. The SMILES string of the molecule is C[O+]=C1C=Cc2ccc3c4c(ccc1c24)C1=C(C3)C(=[OH+])CCC1. The summed E-state index contributed by atoms with van der Waals surface area (Å²) in [6.07, 6.45) is 7.96. The predicted molar refractivity (Wildman–Crippen MR) is 94.7 cm³/mol. The molecule has 1 N–H and O–H groups in total. The van der Waals surface area contributed by atoms with Gasteiger partial charge in [0, 0.05) is 17.9 Å². The number of allylic oxidation sites excluding steroid dienone is 3. The maximum atomic E-state index is 10.4. The van der Waals surface area contributed by atoms with Crippen molar-refractivity contribution in [1.82, 2.24) is 0 Å². The number of carbonyl (C=O) groups excluding carboxylic acids is 2. The molecule has 0 saturated heterocycles. The molecule has 2 nitrogen and oxygen atoms in total. The van der Waals surface area contributed by atoms with Crippen LogP contribution >= 0.6 is 0 Å². The zero-order valence-corrected chi connectivity index (χ0v) is 13.1. The molecule has 23 heavy (non-hydrogen) atoms. The maximum Gasteiger partial charge on any atom is 0.350 e. The van der Waals surface area contributed by atoms with E-state index in [0.29, 0.717) is 5.78 Å². The Labute approximate surface area is 134 Å². The van der Waals surface area contributed by atoms with Crippen LogP contribution in [0.2, 0.25) is 0 Å². The van der Waals surface area contributed by atoms with Gasteiger partial charge >= 0.3 is 11.6 Å². The molecule has 3 aliphatic rings. The van der Waals surface area contributed by atoms with Crippen LogP contribution in [0.1, 0.15) is 45.9 Å². The summed E-state index contributed by atoms with van der Waals surface area (Å²) in [6.45, 7) is 0. The first-order chi connectivity index (χ1) is 11.3. The van der Waals surface area contributed by atoms with Crippen molar-refractivity contribution < 1.29 is 9.22 Å². The first-order valence-corrected chi connectivity index (χ1v) is 8.23. The Hall–Kier alpha value is -2.48. The van der Waals surface area contributed by atoms with Crippen molar-refractivity contribution in [2.24, 2.45) is 0 Å². The van der Waals surface area contributed by atoms with E-state index in [2.05, 4.69) is 30.3 Å². The second kappa shape index (κ2) is 4.51. The molecule has 112 valence electrons. The van der Waals surface area contributed by atoms with E-state index in [-0.39, 0.29) is 0 Å². The van der Waals surface area contributed by atoms with E-state index in [1.165, 1.54) is 38.6 Å². The summed E-state index contributed by atoms with van der Waals surface area (Å²) in [5.74, 6) is 1.52. The molecule has 0 bridgehead atoms. The summed E-state index contributed by atoms with van der Waals surface area (Å²) in [7, 11) is 1.73. The highest BCUT2D eigenvalue weighted by Crippen LogP contribution is 2.44. The van der Waals surface area contributed by atoms with Crippen molar-refractivity contribution in [2.45, 2.75) is 25.7 Å². The van der Waals surface area contributed by atoms with Gasteiger partial charge in [0.1, 0.15) is 0 Å². The van der Waals surface area contributed by atoms with Crippen LogP contribution in [-0.4, -0.2) is 23.5 Å². The van der Waals surface area contributed by atoms with E-state index >= 15 is 0 Å². The van der Waals surface area contributed by atoms with Crippen LogP contribution in [0.25, 0.3) is 22.4 Å². The van der Waals surface area contributed by atoms with Gasteiger partial charge in [-0.1, -0.05) is 18.2 Å². The van der Waals surface area contributed by atoms with Crippen LogP contribution in [0, 0.1) is 0 Å². The van der Waals surface area contributed by atoms with E-state index in [0.717, 1.165) is 37.0 Å². The Morgan fingerprint density at radius 2 is 1.78 bits per heavy atom. The standard InChI is InChI=1S/C21H17O2/c1-23-19-10-7-12-5-6-13-11-17-14(3-2-4-18(17)22)15-8-9-16(19)20(12)21(13)15/h5-10H,2-4,11H2,1H3/q+1/p+1. The largest absolute Gasteiger partial charge is 0.350 e. The van der Waals surface area contributed by atoms with E-state index < -0.39 is 0 Å². The summed E-state index contributed by atoms with van der Waals surface area (Å²) >= 11 is 0. The molecular formula is C21H18O2+2. The minimum Gasteiger partial charge on any atom is -0.278 e. The van der Waals surface area contributed by atoms with E-state index in [4.69, 9.17) is 4.42 Å². The molecular weight excluding hydrogens is 284 g/mol. The second-order valence-corrected chi connectivity index (χ2v) is 6.56. The summed E-state index contributed by atoms with van der Waals surface area (Å²) in [6, 6.07) is 8.81. The monoisotopic (exact) mass is 302 g/mol. The Kier molecular flexibility index (Phi) is 2.55. The fraction of sp³-hybridized carbons (Fsp3) is 0.238. The molecule has 3 aliphatic carbocycles. The first-order valence-electron chi connectivity index (χ1n) is 8.23. The third kappa shape index (κ3) is 1.64. The number of ketones is 2. The van der Waals surface area contributed by atoms with Gasteiger partial charge in [0.15, 0.2) is 0 Å². The molecule has 0 unspecified atom stereocenters. The minimum atomic E-state index is 0.592. The van der Waals surface area contributed by atoms with Crippen molar-refractivity contribution in [3.63, 3.8) is 0 Å². The van der Waals surface area contributed by atoms with Gasteiger partial charge in [-0.3, -0.25) is 9.22 Å². The van der Waals surface area contributed by atoms with Crippen molar-refractivity contribution in [1.29, 1.82) is 0 Å². The second-order valence-electron chi connectivity index (χ2n) is 6.56. The molecule has 0 amide bonds. The molecule has 0 spiro atoms. The van der Waals surface area contributed by atoms with Crippen molar-refractivity contribution in [3.05, 3.63) is 58.2 Å². The molecule has 2 aromatic carbocycles. The average molecular weight is 302 g/mol. The lowest BCUT2D eigenvalue weighted by Crippen LogP contribution is -2.18. The van der Waals surface area contributed by atoms with Crippen molar-refractivity contribution in [2.75, 3.05) is 7.11 Å². The summed E-state index contributed by atoms with van der Waals surface area (Å²) < 4.78 is 5.57. The molecule has 0 radical (unpaired) electrons. The van der Waals surface area contributed by atoms with Gasteiger partial charge in [-0.05, 0) is 52.6 Å². The normalized spacial score (nSPS) is 20.4. The third-order valence-corrected chi connectivity index (χ3v) is 5.42. The minimum absolute atomic E-state index is 0.592. The molecule has 2 heteroatoms. The third-order valence-electron chi connectivity index (χ3n) is 5.42. The zero-order chi connectivity index (χ0) is 15.6. The topological polar surface area (TPSA) is 32.7 Å². The number of hydrogen-bond acceptors (Lipinski definition) is 0. The number of fused-ring (bicyclic) bond motifs is 1. The molecule has 5 rings (SSSR count).